The molecule has 2 nitrogen and oxygen atoms in total. The van der Waals surface area contributed by atoms with E-state index in [0.717, 1.165) is 33.9 Å². The topological polar surface area (TPSA) is 12.5 Å². The van der Waals surface area contributed by atoms with Gasteiger partial charge in [0.05, 0.1) is 10.3 Å². The zero-order valence-corrected chi connectivity index (χ0v) is 33.4. The van der Waals surface area contributed by atoms with Crippen molar-refractivity contribution < 1.29 is 4.74 Å². The van der Waals surface area contributed by atoms with Gasteiger partial charge in [-0.15, -0.1) is 11.3 Å². The second kappa shape index (κ2) is 13.8. The molecule has 0 N–H and O–H groups in total. The van der Waals surface area contributed by atoms with Crippen molar-refractivity contribution in [3.05, 3.63) is 246 Å². The van der Waals surface area contributed by atoms with Gasteiger partial charge < -0.3 is 9.64 Å². The van der Waals surface area contributed by atoms with Crippen molar-refractivity contribution in [2.45, 2.75) is 5.41 Å². The standard InChI is InChI=1S/C57H37NOS/c1-3-14-38(15-4-1)40-26-30-44(31-27-40)58(45-32-28-41(29-33-45)43-19-13-18-42(36-43)39-16-5-2-6-17-39)46-34-35-49-54(37-46)60-56-55(49)59-53-25-12-11-24-52(53)57(56)50-22-9-7-20-47(50)48-21-8-10-23-51(48)57/h1-37H. The van der Waals surface area contributed by atoms with E-state index in [1.165, 1.54) is 70.8 Å². The van der Waals surface area contributed by atoms with E-state index in [0.29, 0.717) is 0 Å². The first-order chi connectivity index (χ1) is 29.7. The summed E-state index contributed by atoms with van der Waals surface area (Å²) in [4.78, 5) is 3.61. The number of fused-ring (bicyclic) bond motifs is 11. The number of nitrogens with zero attached hydrogens (tertiary/aromatic N) is 1. The van der Waals surface area contributed by atoms with Gasteiger partial charge in [0.2, 0.25) is 0 Å². The van der Waals surface area contributed by atoms with E-state index in [9.17, 15) is 0 Å². The third kappa shape index (κ3) is 5.33. The Morgan fingerprint density at radius 1 is 0.367 bits per heavy atom. The number of rotatable bonds is 6. The van der Waals surface area contributed by atoms with E-state index < -0.39 is 5.41 Å². The van der Waals surface area contributed by atoms with Crippen molar-refractivity contribution in [2.75, 3.05) is 4.90 Å². The van der Waals surface area contributed by atoms with Gasteiger partial charge >= 0.3 is 0 Å². The van der Waals surface area contributed by atoms with E-state index >= 15 is 0 Å². The van der Waals surface area contributed by atoms with Gasteiger partial charge in [-0.3, -0.25) is 0 Å². The smallest absolute Gasteiger partial charge is 0.150 e. The molecule has 1 aliphatic carbocycles. The lowest BCUT2D eigenvalue weighted by molar-refractivity contribution is 0.447. The van der Waals surface area contributed by atoms with Crippen LogP contribution in [0.15, 0.2) is 224 Å². The molecule has 0 saturated heterocycles. The lowest BCUT2D eigenvalue weighted by atomic mass is 9.69. The Balaban J connectivity index is 1.01. The van der Waals surface area contributed by atoms with Crippen LogP contribution in [0.2, 0.25) is 0 Å². The van der Waals surface area contributed by atoms with Gasteiger partial charge in [-0.05, 0) is 110 Å². The summed E-state index contributed by atoms with van der Waals surface area (Å²) in [5.41, 5.74) is 16.4. The summed E-state index contributed by atoms with van der Waals surface area (Å²) < 4.78 is 8.15. The fraction of sp³-hybridized carbons (Fsp3) is 0.0175. The number of anilines is 3. The number of hydrogen-bond donors (Lipinski definition) is 0. The Hall–Kier alpha value is -7.46. The molecule has 12 rings (SSSR count). The maximum Gasteiger partial charge on any atom is 0.150 e. The Morgan fingerprint density at radius 3 is 1.45 bits per heavy atom. The van der Waals surface area contributed by atoms with Gasteiger partial charge in [-0.25, -0.2) is 0 Å². The summed E-state index contributed by atoms with van der Waals surface area (Å²) in [5.74, 6) is 1.86. The van der Waals surface area contributed by atoms with Crippen molar-refractivity contribution in [3.63, 3.8) is 0 Å². The molecule has 0 bridgehead atoms. The minimum absolute atomic E-state index is 0.484. The Kier molecular flexibility index (Phi) is 7.97. The number of para-hydroxylation sites is 1. The zero-order chi connectivity index (χ0) is 39.6. The summed E-state index contributed by atoms with van der Waals surface area (Å²) in [6, 6.07) is 81.3. The van der Waals surface area contributed by atoms with Crippen LogP contribution in [-0.2, 0) is 5.41 Å². The van der Waals surface area contributed by atoms with Gasteiger partial charge in [0, 0.05) is 32.7 Å². The number of ether oxygens (including phenoxy) is 1. The van der Waals surface area contributed by atoms with Crippen molar-refractivity contribution >= 4 is 38.5 Å². The average molecular weight is 784 g/mol. The Morgan fingerprint density at radius 2 is 0.833 bits per heavy atom. The summed E-state index contributed by atoms with van der Waals surface area (Å²) in [7, 11) is 0. The van der Waals surface area contributed by atoms with Crippen LogP contribution in [-0.4, -0.2) is 0 Å². The van der Waals surface area contributed by atoms with Gasteiger partial charge in [0.1, 0.15) is 5.75 Å². The SMILES string of the molecule is c1ccc(-c2ccc(N(c3ccc(-c4cccc(-c5ccccc5)c4)cc3)c3ccc4c5c(sc4c3)C3(c4ccccc4O5)c4ccccc4-c4ccccc43)cc2)cc1. The Bertz CT molecular complexity index is 3180. The number of benzene rings is 9. The molecule has 1 spiro atoms. The summed E-state index contributed by atoms with van der Waals surface area (Å²) in [6.07, 6.45) is 0. The molecule has 0 atom stereocenters. The van der Waals surface area contributed by atoms with Gasteiger partial charge in [-0.2, -0.15) is 0 Å². The Labute approximate surface area is 353 Å². The minimum atomic E-state index is -0.484. The van der Waals surface area contributed by atoms with Crippen LogP contribution >= 0.6 is 11.3 Å². The molecule has 9 aromatic carbocycles. The first-order valence-electron chi connectivity index (χ1n) is 20.5. The molecule has 3 heteroatoms. The van der Waals surface area contributed by atoms with Crippen LogP contribution in [0.3, 0.4) is 0 Å². The van der Waals surface area contributed by atoms with Crippen LogP contribution < -0.4 is 9.64 Å². The third-order valence-electron chi connectivity index (χ3n) is 12.3. The monoisotopic (exact) mass is 783 g/mol. The quantitative estimate of drug-likeness (QED) is 0.167. The molecule has 60 heavy (non-hydrogen) atoms. The molecule has 282 valence electrons. The zero-order valence-electron chi connectivity index (χ0n) is 32.6. The van der Waals surface area contributed by atoms with Crippen molar-refractivity contribution in [2.24, 2.45) is 0 Å². The number of hydrogen-bond acceptors (Lipinski definition) is 3. The molecule has 2 aliphatic rings. The maximum atomic E-state index is 6.96. The van der Waals surface area contributed by atoms with Crippen LogP contribution in [0.5, 0.6) is 11.5 Å². The van der Waals surface area contributed by atoms with Crippen LogP contribution in [0.1, 0.15) is 21.6 Å². The van der Waals surface area contributed by atoms with E-state index in [4.69, 9.17) is 4.74 Å². The predicted molar refractivity (Wildman–Crippen MR) is 250 cm³/mol. The number of thiophene rings is 1. The fourth-order valence-electron chi connectivity index (χ4n) is 9.61. The first-order valence-corrected chi connectivity index (χ1v) is 21.3. The lowest BCUT2D eigenvalue weighted by Gasteiger charge is -2.37. The van der Waals surface area contributed by atoms with Crippen molar-refractivity contribution in [3.8, 4) is 56.0 Å². The van der Waals surface area contributed by atoms with Crippen LogP contribution in [0, 0.1) is 0 Å². The average Bonchev–Trinajstić information content (AvgIpc) is 3.84. The molecule has 2 heterocycles. The highest BCUT2D eigenvalue weighted by Gasteiger charge is 2.52. The van der Waals surface area contributed by atoms with Gasteiger partial charge in [0.25, 0.3) is 0 Å². The summed E-state index contributed by atoms with van der Waals surface area (Å²) in [5, 5.41) is 1.13. The third-order valence-corrected chi connectivity index (χ3v) is 13.6. The van der Waals surface area contributed by atoms with Crippen LogP contribution in [0.25, 0.3) is 54.6 Å². The largest absolute Gasteiger partial charge is 0.455 e. The van der Waals surface area contributed by atoms with E-state index in [2.05, 4.69) is 229 Å². The molecule has 1 aromatic heterocycles. The molecular weight excluding hydrogens is 747 g/mol. The molecule has 0 saturated carbocycles. The van der Waals surface area contributed by atoms with Gasteiger partial charge in [-0.1, -0.05) is 170 Å². The molecule has 0 amide bonds. The van der Waals surface area contributed by atoms with E-state index in [-0.39, 0.29) is 0 Å². The second-order valence-corrected chi connectivity index (χ2v) is 16.7. The highest BCUT2D eigenvalue weighted by Crippen LogP contribution is 2.65. The molecule has 0 unspecified atom stereocenters. The van der Waals surface area contributed by atoms with Gasteiger partial charge in [0.15, 0.2) is 5.75 Å². The molecule has 0 radical (unpaired) electrons. The summed E-state index contributed by atoms with van der Waals surface area (Å²) >= 11 is 1.86. The maximum absolute atomic E-state index is 6.96. The predicted octanol–water partition coefficient (Wildman–Crippen LogP) is 15.8. The fourth-order valence-corrected chi connectivity index (χ4v) is 11.0. The van der Waals surface area contributed by atoms with E-state index in [1.54, 1.807) is 0 Å². The molecule has 1 aliphatic heterocycles. The van der Waals surface area contributed by atoms with Crippen molar-refractivity contribution in [1.29, 1.82) is 0 Å². The van der Waals surface area contributed by atoms with Crippen molar-refractivity contribution in [1.82, 2.24) is 0 Å². The highest BCUT2D eigenvalue weighted by atomic mass is 32.1. The molecule has 10 aromatic rings. The molecule has 0 fully saturated rings. The second-order valence-electron chi connectivity index (χ2n) is 15.6. The lowest BCUT2D eigenvalue weighted by Crippen LogP contribution is -2.30. The normalized spacial score (nSPS) is 12.9. The minimum Gasteiger partial charge on any atom is -0.455 e. The van der Waals surface area contributed by atoms with E-state index in [1.807, 2.05) is 11.3 Å². The summed E-state index contributed by atoms with van der Waals surface area (Å²) in [6.45, 7) is 0. The van der Waals surface area contributed by atoms with Crippen LogP contribution in [0.4, 0.5) is 17.1 Å². The molecular formula is C57H37NOS. The highest BCUT2D eigenvalue weighted by molar-refractivity contribution is 7.19. The first kappa shape index (κ1) is 34.6.